The molecule has 94 valence electrons. The Kier molecular flexibility index (Phi) is 3.86. The van der Waals surface area contributed by atoms with Crippen molar-refractivity contribution in [1.29, 1.82) is 0 Å². The van der Waals surface area contributed by atoms with Crippen LogP contribution in [0.1, 0.15) is 12.5 Å². The summed E-state index contributed by atoms with van der Waals surface area (Å²) in [6.45, 7) is 4.10. The summed E-state index contributed by atoms with van der Waals surface area (Å²) in [7, 11) is 1.99. The number of para-hydroxylation sites is 1. The predicted molar refractivity (Wildman–Crippen MR) is 65.4 cm³/mol. The van der Waals surface area contributed by atoms with Gasteiger partial charge in [0, 0.05) is 18.2 Å². The fourth-order valence-corrected chi connectivity index (χ4v) is 1.82. The van der Waals surface area contributed by atoms with Crippen molar-refractivity contribution in [3.8, 4) is 11.5 Å². The first kappa shape index (κ1) is 12.2. The standard InChI is InChI=1S/C13H19NO3/c1-10(9-15)14(2)8-11-4-3-5-12-13(11)17-7-6-16-12/h3-5,10,15H,6-9H2,1-2H3. The molecular weight excluding hydrogens is 218 g/mol. The monoisotopic (exact) mass is 237 g/mol. The van der Waals surface area contributed by atoms with Crippen LogP contribution in [-0.4, -0.2) is 42.9 Å². The van der Waals surface area contributed by atoms with E-state index >= 15 is 0 Å². The molecule has 0 saturated heterocycles. The van der Waals surface area contributed by atoms with Crippen molar-refractivity contribution in [2.45, 2.75) is 19.5 Å². The van der Waals surface area contributed by atoms with Gasteiger partial charge in [-0.3, -0.25) is 4.90 Å². The smallest absolute Gasteiger partial charge is 0.165 e. The van der Waals surface area contributed by atoms with E-state index in [1.54, 1.807) is 0 Å². The molecule has 17 heavy (non-hydrogen) atoms. The quantitative estimate of drug-likeness (QED) is 0.856. The Labute approximate surface area is 102 Å². The number of nitrogens with zero attached hydrogens (tertiary/aromatic N) is 1. The maximum atomic E-state index is 9.12. The van der Waals surface area contributed by atoms with Gasteiger partial charge in [-0.2, -0.15) is 0 Å². The van der Waals surface area contributed by atoms with Crippen LogP contribution in [0.25, 0.3) is 0 Å². The molecule has 1 aliphatic rings. The Hall–Kier alpha value is -1.26. The SMILES string of the molecule is CC(CO)N(C)Cc1cccc2c1OCCO2. The van der Waals surface area contributed by atoms with E-state index in [1.807, 2.05) is 32.2 Å². The van der Waals surface area contributed by atoms with Crippen LogP contribution in [0, 0.1) is 0 Å². The first-order valence-electron chi connectivity index (χ1n) is 5.91. The summed E-state index contributed by atoms with van der Waals surface area (Å²) in [5.74, 6) is 1.66. The molecule has 4 nitrogen and oxygen atoms in total. The minimum Gasteiger partial charge on any atom is -0.486 e. The predicted octanol–water partition coefficient (Wildman–Crippen LogP) is 1.27. The van der Waals surface area contributed by atoms with Crippen molar-refractivity contribution in [1.82, 2.24) is 4.90 Å². The lowest BCUT2D eigenvalue weighted by atomic mass is 10.1. The molecule has 0 radical (unpaired) electrons. The van der Waals surface area contributed by atoms with Crippen LogP contribution in [0.15, 0.2) is 18.2 Å². The summed E-state index contributed by atoms with van der Waals surface area (Å²) >= 11 is 0. The normalized spacial score (nSPS) is 16.0. The van der Waals surface area contributed by atoms with Crippen LogP contribution < -0.4 is 9.47 Å². The van der Waals surface area contributed by atoms with Gasteiger partial charge in [0.15, 0.2) is 11.5 Å². The zero-order chi connectivity index (χ0) is 12.3. The topological polar surface area (TPSA) is 41.9 Å². The third-order valence-electron chi connectivity index (χ3n) is 3.08. The van der Waals surface area contributed by atoms with Gasteiger partial charge in [0.25, 0.3) is 0 Å². The molecule has 1 heterocycles. The number of hydrogen-bond acceptors (Lipinski definition) is 4. The maximum absolute atomic E-state index is 9.12. The fourth-order valence-electron chi connectivity index (χ4n) is 1.82. The Balaban J connectivity index is 2.15. The summed E-state index contributed by atoms with van der Waals surface area (Å²) < 4.78 is 11.2. The number of rotatable bonds is 4. The summed E-state index contributed by atoms with van der Waals surface area (Å²) in [4.78, 5) is 2.09. The Morgan fingerprint density at radius 1 is 1.35 bits per heavy atom. The Morgan fingerprint density at radius 2 is 2.12 bits per heavy atom. The second-order valence-electron chi connectivity index (χ2n) is 4.39. The lowest BCUT2D eigenvalue weighted by molar-refractivity contribution is 0.145. The highest BCUT2D eigenvalue weighted by Gasteiger charge is 2.17. The highest BCUT2D eigenvalue weighted by Crippen LogP contribution is 2.34. The zero-order valence-corrected chi connectivity index (χ0v) is 10.3. The van der Waals surface area contributed by atoms with Gasteiger partial charge in [0.1, 0.15) is 13.2 Å². The van der Waals surface area contributed by atoms with Crippen LogP contribution >= 0.6 is 0 Å². The molecule has 1 N–H and O–H groups in total. The molecule has 1 aromatic carbocycles. The van der Waals surface area contributed by atoms with E-state index in [0.717, 1.165) is 23.6 Å². The number of aliphatic hydroxyl groups is 1. The van der Waals surface area contributed by atoms with Crippen LogP contribution in [0.4, 0.5) is 0 Å². The maximum Gasteiger partial charge on any atom is 0.165 e. The second-order valence-corrected chi connectivity index (χ2v) is 4.39. The van der Waals surface area contributed by atoms with Crippen molar-refractivity contribution in [3.63, 3.8) is 0 Å². The molecule has 1 unspecified atom stereocenters. The molecule has 0 spiro atoms. The summed E-state index contributed by atoms with van der Waals surface area (Å²) in [6.07, 6.45) is 0. The van der Waals surface area contributed by atoms with Gasteiger partial charge in [-0.05, 0) is 20.0 Å². The number of fused-ring (bicyclic) bond motifs is 1. The van der Waals surface area contributed by atoms with E-state index in [-0.39, 0.29) is 12.6 Å². The molecule has 0 saturated carbocycles. The number of aliphatic hydroxyl groups excluding tert-OH is 1. The largest absolute Gasteiger partial charge is 0.486 e. The van der Waals surface area contributed by atoms with E-state index < -0.39 is 0 Å². The van der Waals surface area contributed by atoms with Crippen LogP contribution in [0.5, 0.6) is 11.5 Å². The number of likely N-dealkylation sites (N-methyl/N-ethyl adjacent to an activating group) is 1. The molecule has 1 aliphatic heterocycles. The van der Waals surface area contributed by atoms with Crippen molar-refractivity contribution < 1.29 is 14.6 Å². The molecular formula is C13H19NO3. The van der Waals surface area contributed by atoms with E-state index in [4.69, 9.17) is 14.6 Å². The number of ether oxygens (including phenoxy) is 2. The molecule has 1 atom stereocenters. The molecule has 0 aromatic heterocycles. The van der Waals surface area contributed by atoms with E-state index in [0.29, 0.717) is 13.2 Å². The minimum atomic E-state index is 0.135. The van der Waals surface area contributed by atoms with Crippen LogP contribution in [0.2, 0.25) is 0 Å². The van der Waals surface area contributed by atoms with Crippen molar-refractivity contribution in [2.75, 3.05) is 26.9 Å². The highest BCUT2D eigenvalue weighted by atomic mass is 16.6. The molecule has 0 amide bonds. The number of benzene rings is 1. The van der Waals surface area contributed by atoms with Gasteiger partial charge >= 0.3 is 0 Å². The average Bonchev–Trinajstić information content (AvgIpc) is 2.38. The Bertz CT molecular complexity index is 381. The molecule has 0 aliphatic carbocycles. The lowest BCUT2D eigenvalue weighted by Gasteiger charge is -2.26. The van der Waals surface area contributed by atoms with Gasteiger partial charge in [-0.15, -0.1) is 0 Å². The van der Waals surface area contributed by atoms with E-state index in [1.165, 1.54) is 0 Å². The second kappa shape index (κ2) is 5.38. The van der Waals surface area contributed by atoms with Crippen molar-refractivity contribution >= 4 is 0 Å². The Morgan fingerprint density at radius 3 is 2.88 bits per heavy atom. The summed E-state index contributed by atoms with van der Waals surface area (Å²) in [5, 5.41) is 9.12. The first-order chi connectivity index (χ1) is 8.22. The molecule has 2 rings (SSSR count). The molecule has 0 bridgehead atoms. The first-order valence-corrected chi connectivity index (χ1v) is 5.91. The van der Waals surface area contributed by atoms with Crippen molar-refractivity contribution in [3.05, 3.63) is 23.8 Å². The van der Waals surface area contributed by atoms with Gasteiger partial charge < -0.3 is 14.6 Å². The van der Waals surface area contributed by atoms with Gasteiger partial charge in [0.2, 0.25) is 0 Å². The lowest BCUT2D eigenvalue weighted by Crippen LogP contribution is -2.31. The third-order valence-corrected chi connectivity index (χ3v) is 3.08. The minimum absolute atomic E-state index is 0.135. The fraction of sp³-hybridized carbons (Fsp3) is 0.538. The number of hydrogen-bond donors (Lipinski definition) is 1. The average molecular weight is 237 g/mol. The zero-order valence-electron chi connectivity index (χ0n) is 10.3. The highest BCUT2D eigenvalue weighted by molar-refractivity contribution is 5.47. The van der Waals surface area contributed by atoms with Gasteiger partial charge in [0.05, 0.1) is 6.61 Å². The molecule has 0 fully saturated rings. The van der Waals surface area contributed by atoms with E-state index in [2.05, 4.69) is 4.90 Å². The van der Waals surface area contributed by atoms with Crippen molar-refractivity contribution in [2.24, 2.45) is 0 Å². The molecule has 1 aromatic rings. The van der Waals surface area contributed by atoms with Gasteiger partial charge in [-0.25, -0.2) is 0 Å². The third kappa shape index (κ3) is 2.70. The molecule has 4 heteroatoms. The summed E-state index contributed by atoms with van der Waals surface area (Å²) in [6, 6.07) is 6.07. The van der Waals surface area contributed by atoms with Crippen LogP contribution in [-0.2, 0) is 6.54 Å². The summed E-state index contributed by atoms with van der Waals surface area (Å²) in [5.41, 5.74) is 1.10. The van der Waals surface area contributed by atoms with E-state index in [9.17, 15) is 0 Å². The van der Waals surface area contributed by atoms with Gasteiger partial charge in [-0.1, -0.05) is 12.1 Å². The van der Waals surface area contributed by atoms with Crippen LogP contribution in [0.3, 0.4) is 0 Å².